The maximum atomic E-state index is 12.3. The van der Waals surface area contributed by atoms with Crippen LogP contribution in [-0.2, 0) is 7.05 Å². The molecule has 4 rings (SSSR count). The van der Waals surface area contributed by atoms with Crippen molar-refractivity contribution in [1.29, 1.82) is 0 Å². The van der Waals surface area contributed by atoms with E-state index in [9.17, 15) is 15.0 Å². The van der Waals surface area contributed by atoms with E-state index in [0.29, 0.717) is 17.1 Å². The van der Waals surface area contributed by atoms with Crippen LogP contribution in [0.15, 0.2) is 35.3 Å². The van der Waals surface area contributed by atoms with Gasteiger partial charge < -0.3 is 15.2 Å². The summed E-state index contributed by atoms with van der Waals surface area (Å²) in [5.74, 6) is 0.969. The van der Waals surface area contributed by atoms with Gasteiger partial charge >= 0.3 is 0 Å². The van der Waals surface area contributed by atoms with Gasteiger partial charge in [-0.15, -0.1) is 0 Å². The molecule has 0 saturated heterocycles. The van der Waals surface area contributed by atoms with Gasteiger partial charge in [0.25, 0.3) is 5.56 Å². The predicted octanol–water partition coefficient (Wildman–Crippen LogP) is 4.08. The van der Waals surface area contributed by atoms with Crippen LogP contribution in [0.4, 0.5) is 0 Å². The van der Waals surface area contributed by atoms with E-state index in [-0.39, 0.29) is 17.1 Å². The minimum Gasteiger partial charge on any atom is -0.507 e. The van der Waals surface area contributed by atoms with Crippen LogP contribution >= 0.6 is 0 Å². The average molecular weight is 404 g/mol. The molecule has 2 aromatic carbocycles. The first-order chi connectivity index (χ1) is 14.2. The number of hydrogen-bond acceptors (Lipinski definition) is 4. The van der Waals surface area contributed by atoms with Crippen molar-refractivity contribution in [2.24, 2.45) is 7.05 Å². The quantitative estimate of drug-likeness (QED) is 0.413. The first kappa shape index (κ1) is 19.6. The van der Waals surface area contributed by atoms with Gasteiger partial charge in [0.05, 0.1) is 11.4 Å². The van der Waals surface area contributed by atoms with Crippen LogP contribution in [0.1, 0.15) is 22.3 Å². The standard InChI is InChI=1S/C23H24N4O3/c1-11-6-15(7-12(2)20(11)28)18-19(16-8-13(3)21(29)14(4)9-16)25-22(24-18)17-10-27(5)26-23(17)30/h6-10,28-29H,1-5H3,(H,24,25)(H,26,30). The Labute approximate surface area is 173 Å². The van der Waals surface area contributed by atoms with Crippen molar-refractivity contribution < 1.29 is 10.2 Å². The third kappa shape index (κ3) is 3.18. The number of imidazole rings is 1. The largest absolute Gasteiger partial charge is 0.507 e. The zero-order valence-corrected chi connectivity index (χ0v) is 17.6. The molecule has 0 spiro atoms. The number of phenols is 2. The zero-order valence-electron chi connectivity index (χ0n) is 17.6. The molecule has 0 radical (unpaired) electrons. The number of hydrogen-bond donors (Lipinski definition) is 4. The summed E-state index contributed by atoms with van der Waals surface area (Å²) in [5.41, 5.74) is 6.29. The van der Waals surface area contributed by atoms with E-state index in [1.165, 1.54) is 0 Å². The lowest BCUT2D eigenvalue weighted by molar-refractivity contribution is 0.466. The lowest BCUT2D eigenvalue weighted by atomic mass is 9.98. The first-order valence-electron chi connectivity index (χ1n) is 9.63. The molecule has 0 atom stereocenters. The molecule has 0 aliphatic rings. The Morgan fingerprint density at radius 2 is 1.37 bits per heavy atom. The van der Waals surface area contributed by atoms with Crippen molar-refractivity contribution in [3.05, 3.63) is 63.1 Å². The van der Waals surface area contributed by atoms with Gasteiger partial charge in [-0.2, -0.15) is 0 Å². The van der Waals surface area contributed by atoms with Gasteiger partial charge in [-0.25, -0.2) is 4.98 Å². The fraction of sp³-hybridized carbons (Fsp3) is 0.217. The number of nitrogens with one attached hydrogen (secondary N) is 2. The molecule has 7 heteroatoms. The van der Waals surface area contributed by atoms with Gasteiger partial charge in [0.2, 0.25) is 0 Å². The molecular formula is C23H24N4O3. The Morgan fingerprint density at radius 3 is 1.83 bits per heavy atom. The summed E-state index contributed by atoms with van der Waals surface area (Å²) in [6.07, 6.45) is 1.69. The van der Waals surface area contributed by atoms with E-state index in [0.717, 1.165) is 39.1 Å². The van der Waals surface area contributed by atoms with Gasteiger partial charge in [0.15, 0.2) is 0 Å². The number of aromatic hydroxyl groups is 2. The third-order valence-corrected chi connectivity index (χ3v) is 5.35. The smallest absolute Gasteiger partial charge is 0.275 e. The highest BCUT2D eigenvalue weighted by Gasteiger charge is 2.20. The molecule has 7 nitrogen and oxygen atoms in total. The van der Waals surface area contributed by atoms with E-state index in [4.69, 9.17) is 4.98 Å². The highest BCUT2D eigenvalue weighted by atomic mass is 16.3. The second-order valence-electron chi connectivity index (χ2n) is 7.82. The second-order valence-corrected chi connectivity index (χ2v) is 7.82. The topological polar surface area (TPSA) is 107 Å². The monoisotopic (exact) mass is 404 g/mol. The molecule has 30 heavy (non-hydrogen) atoms. The van der Waals surface area contributed by atoms with Crippen molar-refractivity contribution in [1.82, 2.24) is 19.7 Å². The maximum absolute atomic E-state index is 12.3. The van der Waals surface area contributed by atoms with Gasteiger partial charge in [0.1, 0.15) is 22.9 Å². The number of benzene rings is 2. The number of nitrogens with zero attached hydrogens (tertiary/aromatic N) is 2. The fourth-order valence-electron chi connectivity index (χ4n) is 3.79. The van der Waals surface area contributed by atoms with Crippen LogP contribution in [0.3, 0.4) is 0 Å². The third-order valence-electron chi connectivity index (χ3n) is 5.35. The van der Waals surface area contributed by atoms with Crippen molar-refractivity contribution in [2.75, 3.05) is 0 Å². The number of aryl methyl sites for hydroxylation is 5. The van der Waals surface area contributed by atoms with E-state index >= 15 is 0 Å². The average Bonchev–Trinajstić information content (AvgIpc) is 3.26. The van der Waals surface area contributed by atoms with Crippen molar-refractivity contribution in [3.8, 4) is 45.4 Å². The molecule has 0 fully saturated rings. The highest BCUT2D eigenvalue weighted by Crippen LogP contribution is 2.37. The molecule has 0 unspecified atom stereocenters. The second kappa shape index (κ2) is 6.95. The lowest BCUT2D eigenvalue weighted by Crippen LogP contribution is -2.04. The molecule has 2 aromatic heterocycles. The summed E-state index contributed by atoms with van der Waals surface area (Å²) < 4.78 is 1.59. The van der Waals surface area contributed by atoms with Gasteiger partial charge in [-0.05, 0) is 74.2 Å². The summed E-state index contributed by atoms with van der Waals surface area (Å²) >= 11 is 0. The summed E-state index contributed by atoms with van der Waals surface area (Å²) in [7, 11) is 1.75. The normalized spacial score (nSPS) is 11.2. The van der Waals surface area contributed by atoms with Crippen LogP contribution in [0, 0.1) is 27.7 Å². The van der Waals surface area contributed by atoms with Crippen LogP contribution in [0.5, 0.6) is 11.5 Å². The number of phenolic OH excluding ortho intramolecular Hbond substituents is 2. The van der Waals surface area contributed by atoms with Gasteiger partial charge in [0, 0.05) is 24.4 Å². The Hall–Kier alpha value is -3.74. The Bertz CT molecular complexity index is 1220. The Kier molecular flexibility index (Phi) is 4.53. The molecule has 154 valence electrons. The molecule has 0 saturated carbocycles. The highest BCUT2D eigenvalue weighted by molar-refractivity contribution is 5.83. The van der Waals surface area contributed by atoms with E-state index < -0.39 is 0 Å². The molecule has 0 aliphatic carbocycles. The predicted molar refractivity (Wildman–Crippen MR) is 117 cm³/mol. The summed E-state index contributed by atoms with van der Waals surface area (Å²) in [4.78, 5) is 20.4. The molecule has 4 aromatic rings. The Balaban J connectivity index is 2.01. The van der Waals surface area contributed by atoms with Crippen LogP contribution < -0.4 is 5.56 Å². The minimum absolute atomic E-state index is 0.236. The zero-order chi connectivity index (χ0) is 21.7. The van der Waals surface area contributed by atoms with E-state index in [1.54, 1.807) is 17.9 Å². The number of aromatic nitrogens is 4. The molecular weight excluding hydrogens is 380 g/mol. The Morgan fingerprint density at radius 1 is 0.867 bits per heavy atom. The van der Waals surface area contributed by atoms with E-state index in [2.05, 4.69) is 10.1 Å². The maximum Gasteiger partial charge on any atom is 0.275 e. The van der Waals surface area contributed by atoms with Crippen molar-refractivity contribution >= 4 is 0 Å². The van der Waals surface area contributed by atoms with E-state index in [1.807, 2.05) is 52.0 Å². The fourth-order valence-corrected chi connectivity index (χ4v) is 3.79. The molecule has 2 heterocycles. The summed E-state index contributed by atoms with van der Waals surface area (Å²) in [6.45, 7) is 7.38. The van der Waals surface area contributed by atoms with Crippen LogP contribution in [0.2, 0.25) is 0 Å². The first-order valence-corrected chi connectivity index (χ1v) is 9.63. The number of aromatic amines is 2. The SMILES string of the molecule is Cc1cc(-c2nc(-c3cn(C)[nH]c3=O)[nH]c2-c2cc(C)c(O)c(C)c2)cc(C)c1O. The van der Waals surface area contributed by atoms with Gasteiger partial charge in [-0.3, -0.25) is 14.6 Å². The molecule has 4 N–H and O–H groups in total. The summed E-state index contributed by atoms with van der Waals surface area (Å²) in [5, 5.41) is 23.1. The number of rotatable bonds is 3. The molecule has 0 aliphatic heterocycles. The number of H-pyrrole nitrogens is 2. The van der Waals surface area contributed by atoms with Crippen LogP contribution in [-0.4, -0.2) is 30.0 Å². The van der Waals surface area contributed by atoms with Gasteiger partial charge in [-0.1, -0.05) is 0 Å². The molecule has 0 bridgehead atoms. The lowest BCUT2D eigenvalue weighted by Gasteiger charge is -2.10. The minimum atomic E-state index is -0.236. The van der Waals surface area contributed by atoms with Crippen LogP contribution in [0.25, 0.3) is 33.9 Å². The molecule has 0 amide bonds. The van der Waals surface area contributed by atoms with Crippen molar-refractivity contribution in [2.45, 2.75) is 27.7 Å². The summed E-state index contributed by atoms with van der Waals surface area (Å²) in [6, 6.07) is 7.53. The van der Waals surface area contributed by atoms with Crippen molar-refractivity contribution in [3.63, 3.8) is 0 Å².